The Hall–Kier alpha value is -0.370. The van der Waals surface area contributed by atoms with Crippen LogP contribution in [-0.4, -0.2) is 18.0 Å². The maximum absolute atomic E-state index is 12.6. The minimum absolute atomic E-state index is 0.306. The van der Waals surface area contributed by atoms with E-state index in [2.05, 4.69) is 27.7 Å². The quantitative estimate of drug-likeness (QED) is 0.657. The topological polar surface area (TPSA) is 26.3 Å². The van der Waals surface area contributed by atoms with Gasteiger partial charge in [0.05, 0.1) is 0 Å². The Morgan fingerprint density at radius 1 is 1.11 bits per heavy atom. The lowest BCUT2D eigenvalue weighted by Gasteiger charge is -2.59. The van der Waals surface area contributed by atoms with E-state index in [1.807, 2.05) is 0 Å². The fourth-order valence-corrected chi connectivity index (χ4v) is 5.48. The van der Waals surface area contributed by atoms with Crippen LogP contribution in [0, 0.1) is 22.7 Å². The fraction of sp³-hybridized carbons (Fsp3) is 0.938. The molecule has 0 bridgehead atoms. The van der Waals surface area contributed by atoms with Crippen LogP contribution in [0.25, 0.3) is 0 Å². The molecule has 2 heteroatoms. The van der Waals surface area contributed by atoms with E-state index in [4.69, 9.17) is 4.74 Å². The maximum atomic E-state index is 12.6. The molecule has 2 nitrogen and oxygen atoms in total. The molecule has 0 aromatic carbocycles. The van der Waals surface area contributed by atoms with E-state index < -0.39 is 5.60 Å². The molecule has 0 N–H and O–H groups in total. The van der Waals surface area contributed by atoms with Gasteiger partial charge in [-0.15, -0.1) is 0 Å². The van der Waals surface area contributed by atoms with E-state index in [1.54, 1.807) is 0 Å². The first-order valence-corrected chi connectivity index (χ1v) is 7.48. The molecule has 3 unspecified atom stereocenters. The molecule has 3 fully saturated rings. The van der Waals surface area contributed by atoms with Gasteiger partial charge in [-0.25, -0.2) is 0 Å². The second kappa shape index (κ2) is 3.59. The third-order valence-corrected chi connectivity index (χ3v) is 6.49. The number of hydrogen-bond acceptors (Lipinski definition) is 2. The first-order valence-electron chi connectivity index (χ1n) is 7.48. The largest absolute Gasteiger partial charge is 0.367 e. The number of Topliss-reactive ketones (excluding diaryl/α,β-unsaturated/α-hetero) is 1. The Labute approximate surface area is 110 Å². The summed E-state index contributed by atoms with van der Waals surface area (Å²) in [7, 11) is 0. The monoisotopic (exact) mass is 250 g/mol. The Bertz CT molecular complexity index is 383. The summed E-state index contributed by atoms with van der Waals surface area (Å²) >= 11 is 0. The number of ketones is 1. The van der Waals surface area contributed by atoms with Gasteiger partial charge in [0, 0.05) is 18.9 Å². The number of carbonyl (C=O) groups is 1. The van der Waals surface area contributed by atoms with Crippen LogP contribution in [0.3, 0.4) is 0 Å². The van der Waals surface area contributed by atoms with E-state index >= 15 is 0 Å². The van der Waals surface area contributed by atoms with E-state index in [-0.39, 0.29) is 0 Å². The van der Waals surface area contributed by atoms with Crippen LogP contribution < -0.4 is 0 Å². The summed E-state index contributed by atoms with van der Waals surface area (Å²) in [5, 5.41) is 0. The van der Waals surface area contributed by atoms with Crippen LogP contribution in [0.5, 0.6) is 0 Å². The number of carbonyl (C=O) groups excluding carboxylic acids is 1. The average molecular weight is 250 g/mol. The summed E-state index contributed by atoms with van der Waals surface area (Å²) < 4.78 is 5.89. The molecule has 0 aromatic rings. The van der Waals surface area contributed by atoms with Gasteiger partial charge in [0.1, 0.15) is 5.60 Å². The first kappa shape index (κ1) is 12.7. The summed E-state index contributed by atoms with van der Waals surface area (Å²) in [6, 6.07) is 0. The molecule has 3 rings (SSSR count). The SMILES string of the molecule is CC1(C)CCCC2(C)C1CC(=O)[C@@]1(C)OCCC21. The molecule has 0 spiro atoms. The molecule has 18 heavy (non-hydrogen) atoms. The normalized spacial score (nSPS) is 50.8. The number of ether oxygens (including phenoxy) is 1. The van der Waals surface area contributed by atoms with Gasteiger partial charge in [0.25, 0.3) is 0 Å². The van der Waals surface area contributed by atoms with Crippen molar-refractivity contribution in [2.75, 3.05) is 6.61 Å². The van der Waals surface area contributed by atoms with Crippen molar-refractivity contribution in [2.45, 2.75) is 65.4 Å². The Balaban J connectivity index is 2.05. The first-order chi connectivity index (χ1) is 8.31. The Kier molecular flexibility index (Phi) is 2.53. The molecule has 2 aliphatic carbocycles. The predicted molar refractivity (Wildman–Crippen MR) is 71.3 cm³/mol. The minimum atomic E-state index is -0.474. The van der Waals surface area contributed by atoms with Gasteiger partial charge in [-0.2, -0.15) is 0 Å². The summed E-state index contributed by atoms with van der Waals surface area (Å²) in [6.07, 6.45) is 5.66. The van der Waals surface area contributed by atoms with Crippen molar-refractivity contribution in [3.8, 4) is 0 Å². The second-order valence-corrected chi connectivity index (χ2v) is 7.82. The highest BCUT2D eigenvalue weighted by Crippen LogP contribution is 2.63. The van der Waals surface area contributed by atoms with Crippen molar-refractivity contribution in [1.29, 1.82) is 0 Å². The second-order valence-electron chi connectivity index (χ2n) is 7.82. The van der Waals surface area contributed by atoms with Crippen LogP contribution in [0.2, 0.25) is 0 Å². The lowest BCUT2D eigenvalue weighted by atomic mass is 9.45. The van der Waals surface area contributed by atoms with Gasteiger partial charge in [0.2, 0.25) is 0 Å². The molecule has 1 aliphatic heterocycles. The molecule has 0 amide bonds. The lowest BCUT2D eigenvalue weighted by Crippen LogP contribution is -2.60. The number of rotatable bonds is 0. The molecular weight excluding hydrogens is 224 g/mol. The maximum Gasteiger partial charge on any atom is 0.164 e. The number of fused-ring (bicyclic) bond motifs is 3. The zero-order valence-electron chi connectivity index (χ0n) is 12.2. The van der Waals surface area contributed by atoms with Gasteiger partial charge in [0.15, 0.2) is 5.78 Å². The molecule has 4 atom stereocenters. The number of hydrogen-bond donors (Lipinski definition) is 0. The van der Waals surface area contributed by atoms with E-state index in [0.29, 0.717) is 28.4 Å². The molecule has 0 aromatic heterocycles. The van der Waals surface area contributed by atoms with Crippen LogP contribution in [0.4, 0.5) is 0 Å². The van der Waals surface area contributed by atoms with Crippen molar-refractivity contribution in [1.82, 2.24) is 0 Å². The molecule has 1 saturated heterocycles. The van der Waals surface area contributed by atoms with Crippen molar-refractivity contribution in [3.63, 3.8) is 0 Å². The molecule has 1 heterocycles. The third kappa shape index (κ3) is 1.41. The Morgan fingerprint density at radius 2 is 1.83 bits per heavy atom. The van der Waals surface area contributed by atoms with Crippen LogP contribution in [0.1, 0.15) is 59.8 Å². The molecule has 0 radical (unpaired) electrons. The zero-order valence-corrected chi connectivity index (χ0v) is 12.2. The summed E-state index contributed by atoms with van der Waals surface area (Å²) in [6.45, 7) is 9.98. The van der Waals surface area contributed by atoms with Gasteiger partial charge in [-0.05, 0) is 42.9 Å². The van der Waals surface area contributed by atoms with E-state index in [1.165, 1.54) is 19.3 Å². The smallest absolute Gasteiger partial charge is 0.164 e. The highest BCUT2D eigenvalue weighted by atomic mass is 16.5. The molecule has 3 aliphatic rings. The summed E-state index contributed by atoms with van der Waals surface area (Å²) in [5.74, 6) is 1.35. The Morgan fingerprint density at radius 3 is 2.56 bits per heavy atom. The molecule has 2 saturated carbocycles. The predicted octanol–water partition coefficient (Wildman–Crippen LogP) is 3.59. The van der Waals surface area contributed by atoms with Crippen LogP contribution in [-0.2, 0) is 9.53 Å². The van der Waals surface area contributed by atoms with Gasteiger partial charge in [-0.1, -0.05) is 27.2 Å². The van der Waals surface area contributed by atoms with Gasteiger partial charge >= 0.3 is 0 Å². The van der Waals surface area contributed by atoms with E-state index in [9.17, 15) is 4.79 Å². The van der Waals surface area contributed by atoms with Crippen molar-refractivity contribution in [3.05, 3.63) is 0 Å². The highest BCUT2D eigenvalue weighted by molar-refractivity contribution is 5.89. The molecule has 102 valence electrons. The average Bonchev–Trinajstić information content (AvgIpc) is 2.67. The zero-order chi connectivity index (χ0) is 13.2. The summed E-state index contributed by atoms with van der Waals surface area (Å²) in [4.78, 5) is 12.6. The van der Waals surface area contributed by atoms with Crippen molar-refractivity contribution in [2.24, 2.45) is 22.7 Å². The third-order valence-electron chi connectivity index (χ3n) is 6.49. The van der Waals surface area contributed by atoms with Gasteiger partial charge < -0.3 is 4.74 Å². The highest BCUT2D eigenvalue weighted by Gasteiger charge is 2.63. The van der Waals surface area contributed by atoms with Crippen LogP contribution in [0.15, 0.2) is 0 Å². The van der Waals surface area contributed by atoms with Gasteiger partial charge in [-0.3, -0.25) is 4.79 Å². The lowest BCUT2D eigenvalue weighted by molar-refractivity contribution is -0.172. The summed E-state index contributed by atoms with van der Waals surface area (Å²) in [5.41, 5.74) is 0.145. The van der Waals surface area contributed by atoms with Crippen molar-refractivity contribution < 1.29 is 9.53 Å². The molecular formula is C16H26O2. The fourth-order valence-electron chi connectivity index (χ4n) is 5.48. The van der Waals surface area contributed by atoms with E-state index in [0.717, 1.165) is 19.4 Å². The minimum Gasteiger partial charge on any atom is -0.367 e. The van der Waals surface area contributed by atoms with Crippen LogP contribution >= 0.6 is 0 Å². The van der Waals surface area contributed by atoms with Crippen molar-refractivity contribution >= 4 is 5.78 Å². The standard InChI is InChI=1S/C16H26O2/c1-14(2)7-5-8-15(3)11-6-9-18-16(11,4)13(17)10-12(14)15/h11-12H,5-10H2,1-4H3/t11?,12?,15?,16-/m0/s1.